The van der Waals surface area contributed by atoms with Gasteiger partial charge in [-0.15, -0.1) is 0 Å². The average Bonchev–Trinajstić information content (AvgIpc) is 3.29. The second-order valence-corrected chi connectivity index (χ2v) is 9.99. The van der Waals surface area contributed by atoms with Crippen LogP contribution in [-0.4, -0.2) is 28.8 Å². The van der Waals surface area contributed by atoms with Crippen LogP contribution < -0.4 is 5.73 Å². The van der Waals surface area contributed by atoms with Gasteiger partial charge in [-0.05, 0) is 38.1 Å². The van der Waals surface area contributed by atoms with Crippen molar-refractivity contribution in [3.63, 3.8) is 0 Å². The molecule has 0 bridgehead atoms. The number of sulfone groups is 1. The maximum absolute atomic E-state index is 14.0. The lowest BCUT2D eigenvalue weighted by Gasteiger charge is -2.09. The molecule has 0 atom stereocenters. The molecule has 0 radical (unpaired) electrons. The van der Waals surface area contributed by atoms with Crippen LogP contribution in [0.5, 0.6) is 0 Å². The molecule has 0 spiro atoms. The predicted molar refractivity (Wildman–Crippen MR) is 120 cm³/mol. The third-order valence-corrected chi connectivity index (χ3v) is 7.20. The van der Waals surface area contributed by atoms with Crippen LogP contribution in [-0.2, 0) is 9.84 Å². The van der Waals surface area contributed by atoms with Gasteiger partial charge in [0.15, 0.2) is 27.1 Å². The Bertz CT molecular complexity index is 1490. The highest BCUT2D eigenvalue weighted by Crippen LogP contribution is 2.30. The Kier molecular flexibility index (Phi) is 5.66. The molecule has 0 amide bonds. The summed E-state index contributed by atoms with van der Waals surface area (Å²) in [6.07, 6.45) is 1.47. The number of nitrogen functional groups attached to an aromatic ring is 1. The van der Waals surface area contributed by atoms with Crippen molar-refractivity contribution >= 4 is 15.7 Å². The van der Waals surface area contributed by atoms with E-state index in [2.05, 4.69) is 15.1 Å². The zero-order chi connectivity index (χ0) is 23.8. The molecule has 0 saturated carbocycles. The van der Waals surface area contributed by atoms with Gasteiger partial charge in [0.25, 0.3) is 0 Å². The lowest BCUT2D eigenvalue weighted by Crippen LogP contribution is -2.13. The van der Waals surface area contributed by atoms with Gasteiger partial charge in [-0.1, -0.05) is 23.4 Å². The monoisotopic (exact) mass is 463 g/mol. The zero-order valence-corrected chi connectivity index (χ0v) is 18.5. The summed E-state index contributed by atoms with van der Waals surface area (Å²) in [6, 6.07) is 13.7. The fraction of sp³-hybridized carbons (Fsp3) is 0.130. The van der Waals surface area contributed by atoms with Gasteiger partial charge >= 0.3 is 0 Å². The molecule has 0 saturated heterocycles. The quantitative estimate of drug-likeness (QED) is 0.464. The molecular weight excluding hydrogens is 445 g/mol. The fourth-order valence-electron chi connectivity index (χ4n) is 3.09. The van der Waals surface area contributed by atoms with Gasteiger partial charge in [0.1, 0.15) is 17.6 Å². The molecule has 0 fully saturated rings. The van der Waals surface area contributed by atoms with Gasteiger partial charge in [-0.25, -0.2) is 22.8 Å². The molecule has 8 nitrogen and oxygen atoms in total. The lowest BCUT2D eigenvalue weighted by atomic mass is 10.1. The Morgan fingerprint density at radius 3 is 2.39 bits per heavy atom. The number of rotatable bonds is 5. The first-order valence-corrected chi connectivity index (χ1v) is 11.4. The zero-order valence-electron chi connectivity index (χ0n) is 17.7. The summed E-state index contributed by atoms with van der Waals surface area (Å²) < 4.78 is 44.0. The summed E-state index contributed by atoms with van der Waals surface area (Å²) in [7, 11) is -3.39. The molecule has 0 aliphatic heterocycles. The molecule has 4 aromatic rings. The van der Waals surface area contributed by atoms with Crippen LogP contribution in [0.25, 0.3) is 34.0 Å². The minimum absolute atomic E-state index is 0.0718. The van der Waals surface area contributed by atoms with Crippen LogP contribution >= 0.6 is 0 Å². The van der Waals surface area contributed by atoms with Gasteiger partial charge in [0.2, 0.25) is 0 Å². The van der Waals surface area contributed by atoms with Crippen molar-refractivity contribution in [1.29, 1.82) is 5.26 Å². The summed E-state index contributed by atoms with van der Waals surface area (Å²) >= 11 is 0. The largest absolute Gasteiger partial charge is 0.382 e. The van der Waals surface area contributed by atoms with E-state index < -0.39 is 20.9 Å². The Balaban J connectivity index is 1.68. The highest BCUT2D eigenvalue weighted by atomic mass is 32.2. The molecule has 4 rings (SSSR count). The molecule has 2 heterocycles. The Morgan fingerprint density at radius 2 is 1.76 bits per heavy atom. The normalized spacial score (nSPS) is 11.5. The topological polar surface area (TPSA) is 136 Å². The molecule has 2 aromatic heterocycles. The molecular formula is C23H18FN5O3S. The summed E-state index contributed by atoms with van der Waals surface area (Å²) in [5.41, 5.74) is 8.00. The van der Waals surface area contributed by atoms with Crippen LogP contribution in [0.15, 0.2) is 64.1 Å². The lowest BCUT2D eigenvalue weighted by molar-refractivity contribution is 0.433. The maximum atomic E-state index is 14.0. The number of nitrogens with two attached hydrogens (primary N) is 1. The second-order valence-electron chi connectivity index (χ2n) is 7.49. The third kappa shape index (κ3) is 4.18. The highest BCUT2D eigenvalue weighted by molar-refractivity contribution is 7.92. The first-order valence-electron chi connectivity index (χ1n) is 9.84. The molecule has 10 heteroatoms. The maximum Gasteiger partial charge on any atom is 0.189 e. The molecule has 33 heavy (non-hydrogen) atoms. The minimum atomic E-state index is -3.39. The molecule has 0 unspecified atom stereocenters. The summed E-state index contributed by atoms with van der Waals surface area (Å²) in [6.45, 7) is 3.25. The Labute approximate surface area is 189 Å². The minimum Gasteiger partial charge on any atom is -0.382 e. The van der Waals surface area contributed by atoms with Crippen molar-refractivity contribution in [2.24, 2.45) is 0 Å². The van der Waals surface area contributed by atoms with Crippen molar-refractivity contribution in [3.05, 3.63) is 66.1 Å². The first kappa shape index (κ1) is 22.1. The van der Waals surface area contributed by atoms with E-state index in [9.17, 15) is 12.8 Å². The van der Waals surface area contributed by atoms with Gasteiger partial charge in [0, 0.05) is 17.2 Å². The van der Waals surface area contributed by atoms with Crippen molar-refractivity contribution < 1.29 is 17.3 Å². The van der Waals surface area contributed by atoms with E-state index >= 15 is 0 Å². The average molecular weight is 463 g/mol. The van der Waals surface area contributed by atoms with E-state index in [4.69, 9.17) is 15.5 Å². The van der Waals surface area contributed by atoms with E-state index in [0.717, 1.165) is 0 Å². The van der Waals surface area contributed by atoms with Crippen LogP contribution in [0.3, 0.4) is 0 Å². The van der Waals surface area contributed by atoms with Crippen LogP contribution in [0.2, 0.25) is 0 Å². The third-order valence-electron chi connectivity index (χ3n) is 5.03. The van der Waals surface area contributed by atoms with E-state index in [1.54, 1.807) is 44.2 Å². The summed E-state index contributed by atoms with van der Waals surface area (Å²) in [4.78, 5) is 8.89. The van der Waals surface area contributed by atoms with Gasteiger partial charge in [-0.3, -0.25) is 0 Å². The Hall–Kier alpha value is -4.10. The van der Waals surface area contributed by atoms with E-state index in [-0.39, 0.29) is 27.7 Å². The van der Waals surface area contributed by atoms with E-state index in [0.29, 0.717) is 22.5 Å². The van der Waals surface area contributed by atoms with Crippen molar-refractivity contribution in [2.45, 2.75) is 24.0 Å². The molecule has 0 aliphatic carbocycles. The second kappa shape index (κ2) is 8.44. The first-order chi connectivity index (χ1) is 15.7. The van der Waals surface area contributed by atoms with Crippen LogP contribution in [0.4, 0.5) is 10.2 Å². The molecule has 2 aromatic carbocycles. The van der Waals surface area contributed by atoms with Crippen LogP contribution in [0, 0.1) is 17.1 Å². The highest BCUT2D eigenvalue weighted by Gasteiger charge is 2.20. The Morgan fingerprint density at radius 1 is 1.06 bits per heavy atom. The number of nitrogens with zero attached hydrogens (tertiary/aromatic N) is 4. The summed E-state index contributed by atoms with van der Waals surface area (Å²) in [5.74, 6) is -0.337. The molecule has 0 aliphatic rings. The van der Waals surface area contributed by atoms with Gasteiger partial charge < -0.3 is 10.3 Å². The number of halogens is 1. The van der Waals surface area contributed by atoms with Crippen LogP contribution in [0.1, 0.15) is 19.4 Å². The fourth-order valence-corrected chi connectivity index (χ4v) is 4.15. The van der Waals surface area contributed by atoms with Gasteiger partial charge in [-0.2, -0.15) is 5.26 Å². The van der Waals surface area contributed by atoms with E-state index in [1.165, 1.54) is 30.5 Å². The number of anilines is 1. The standard InChI is InChI=1S/C23H18FN5O3S/c1-13(2)33(30,31)17-7-5-14(6-8-17)20-12-27-23(26)22(28-20)21-10-19(29-32-21)15-3-4-16(11-25)18(24)9-15/h3-10,12-13H,1-2H3,(H2,26,27). The number of benzene rings is 2. The molecule has 2 N–H and O–H groups in total. The van der Waals surface area contributed by atoms with E-state index in [1.807, 2.05) is 0 Å². The summed E-state index contributed by atoms with van der Waals surface area (Å²) in [5, 5.41) is 12.3. The number of nitriles is 1. The van der Waals surface area contributed by atoms with Crippen molar-refractivity contribution in [2.75, 3.05) is 5.73 Å². The number of hydrogen-bond donors (Lipinski definition) is 1. The van der Waals surface area contributed by atoms with Crippen molar-refractivity contribution in [3.8, 4) is 40.0 Å². The SMILES string of the molecule is CC(C)S(=O)(=O)c1ccc(-c2cnc(N)c(-c3cc(-c4ccc(C#N)c(F)c4)no3)n2)cc1. The number of hydrogen-bond acceptors (Lipinski definition) is 8. The van der Waals surface area contributed by atoms with Gasteiger partial charge in [0.05, 0.1) is 27.6 Å². The number of aromatic nitrogens is 3. The van der Waals surface area contributed by atoms with Crippen molar-refractivity contribution in [1.82, 2.24) is 15.1 Å². The predicted octanol–water partition coefficient (Wildman–Crippen LogP) is 4.24. The molecule has 166 valence electrons. The smallest absolute Gasteiger partial charge is 0.189 e.